The highest BCUT2D eigenvalue weighted by Gasteiger charge is 2.70. The zero-order chi connectivity index (χ0) is 31.2. The van der Waals surface area contributed by atoms with Crippen LogP contribution in [-0.4, -0.2) is 111 Å². The average molecular weight is 613 g/mol. The summed E-state index contributed by atoms with van der Waals surface area (Å²) in [6, 6.07) is 1.32. The summed E-state index contributed by atoms with van der Waals surface area (Å²) in [5, 5.41) is 63.3. The van der Waals surface area contributed by atoms with E-state index in [2.05, 4.69) is 0 Å². The molecule has 14 unspecified atom stereocenters. The Labute approximate surface area is 247 Å². The molecule has 6 rings (SSSR count). The fourth-order valence-electron chi connectivity index (χ4n) is 7.83. The van der Waals surface area contributed by atoms with Crippen molar-refractivity contribution in [2.24, 2.45) is 11.3 Å². The summed E-state index contributed by atoms with van der Waals surface area (Å²) < 4.78 is 34.6. The van der Waals surface area contributed by atoms with E-state index in [-0.39, 0.29) is 24.9 Å². The number of hydrogen-bond acceptors (Lipinski definition) is 14. The number of ether oxygens (including phenoxy) is 5. The van der Waals surface area contributed by atoms with Crippen molar-refractivity contribution in [2.45, 2.75) is 119 Å². The second kappa shape index (κ2) is 10.8. The molecule has 0 amide bonds. The molecule has 0 aromatic carbocycles. The lowest BCUT2D eigenvalue weighted by Crippen LogP contribution is -2.62. The molecule has 14 atom stereocenters. The van der Waals surface area contributed by atoms with Crippen LogP contribution in [0.15, 0.2) is 15.3 Å². The minimum atomic E-state index is -1.69. The van der Waals surface area contributed by atoms with Crippen molar-refractivity contribution in [3.05, 3.63) is 33.4 Å². The number of aliphatic hydroxyl groups is 6. The average Bonchev–Trinajstić information content (AvgIpc) is 3.23. The first-order valence-corrected chi connectivity index (χ1v) is 14.7. The molecule has 14 nitrogen and oxygen atoms in total. The van der Waals surface area contributed by atoms with Crippen LogP contribution in [0.4, 0.5) is 0 Å². The monoisotopic (exact) mass is 612 g/mol. The minimum Gasteiger partial charge on any atom is -0.458 e. The van der Waals surface area contributed by atoms with Crippen LogP contribution in [0.2, 0.25) is 0 Å². The van der Waals surface area contributed by atoms with Crippen molar-refractivity contribution in [2.75, 3.05) is 13.2 Å². The molecule has 6 N–H and O–H groups in total. The lowest BCUT2D eigenvalue weighted by molar-refractivity contribution is -0.337. The van der Waals surface area contributed by atoms with Gasteiger partial charge in [-0.3, -0.25) is 4.79 Å². The Bertz CT molecular complexity index is 1300. The van der Waals surface area contributed by atoms with Crippen LogP contribution < -0.4 is 5.63 Å². The molecule has 1 saturated carbocycles. The molecule has 4 heterocycles. The van der Waals surface area contributed by atoms with Crippen molar-refractivity contribution >= 4 is 5.97 Å². The summed E-state index contributed by atoms with van der Waals surface area (Å²) in [5.41, 5.74) is -1.74. The Kier molecular flexibility index (Phi) is 7.81. The van der Waals surface area contributed by atoms with Crippen LogP contribution in [0, 0.1) is 11.3 Å². The van der Waals surface area contributed by atoms with Crippen molar-refractivity contribution in [3.8, 4) is 0 Å². The molecule has 0 bridgehead atoms. The fraction of sp³-hybridized carbons (Fsp3) is 0.793. The number of carbonyl (C=O) groups excluding carboxylic acids is 1. The number of rotatable bonds is 5. The highest BCUT2D eigenvalue weighted by molar-refractivity contribution is 5.81. The Hall–Kier alpha value is -1.98. The van der Waals surface area contributed by atoms with E-state index in [9.17, 15) is 40.2 Å². The zero-order valence-corrected chi connectivity index (χ0v) is 24.4. The normalized spacial score (nSPS) is 47.7. The van der Waals surface area contributed by atoms with Gasteiger partial charge < -0.3 is 58.7 Å². The van der Waals surface area contributed by atoms with Crippen LogP contribution in [-0.2, 0) is 33.9 Å². The summed E-state index contributed by atoms with van der Waals surface area (Å²) in [6.45, 7) is 6.61. The van der Waals surface area contributed by atoms with E-state index in [0.29, 0.717) is 24.0 Å². The first-order valence-electron chi connectivity index (χ1n) is 14.7. The van der Waals surface area contributed by atoms with Gasteiger partial charge in [-0.25, -0.2) is 4.79 Å². The first-order chi connectivity index (χ1) is 20.2. The Balaban J connectivity index is 1.33. The topological polar surface area (TPSA) is 215 Å². The van der Waals surface area contributed by atoms with Gasteiger partial charge in [0.1, 0.15) is 54.6 Å². The van der Waals surface area contributed by atoms with Gasteiger partial charge in [-0.05, 0) is 25.3 Å². The molecular formula is C29H40O14. The van der Waals surface area contributed by atoms with Gasteiger partial charge in [0.05, 0.1) is 24.7 Å². The molecule has 43 heavy (non-hydrogen) atoms. The lowest BCUT2D eigenvalue weighted by Gasteiger charge is -2.55. The van der Waals surface area contributed by atoms with E-state index < -0.39 is 95.9 Å². The molecule has 2 aliphatic carbocycles. The van der Waals surface area contributed by atoms with Gasteiger partial charge in [0.2, 0.25) is 0 Å². The predicted molar refractivity (Wildman–Crippen MR) is 141 cm³/mol. The third-order valence-electron chi connectivity index (χ3n) is 10.2. The number of aliphatic hydroxyl groups excluding tert-OH is 6. The Morgan fingerprint density at radius 3 is 2.26 bits per heavy atom. The maximum Gasteiger partial charge on any atom is 0.336 e. The molecule has 5 aliphatic rings. The Morgan fingerprint density at radius 1 is 0.907 bits per heavy atom. The van der Waals surface area contributed by atoms with Gasteiger partial charge in [0.15, 0.2) is 12.6 Å². The lowest BCUT2D eigenvalue weighted by atomic mass is 9.48. The van der Waals surface area contributed by atoms with Gasteiger partial charge in [-0.2, -0.15) is 0 Å². The number of carbonyl (C=O) groups is 1. The second-order valence-corrected chi connectivity index (χ2v) is 13.2. The van der Waals surface area contributed by atoms with E-state index >= 15 is 0 Å². The number of hydrogen-bond donors (Lipinski definition) is 6. The van der Waals surface area contributed by atoms with Gasteiger partial charge in [-0.1, -0.05) is 20.8 Å². The van der Waals surface area contributed by atoms with Crippen molar-refractivity contribution in [1.82, 2.24) is 0 Å². The zero-order valence-electron chi connectivity index (χ0n) is 24.4. The van der Waals surface area contributed by atoms with Crippen LogP contribution in [0.1, 0.15) is 69.4 Å². The highest BCUT2D eigenvalue weighted by Crippen LogP contribution is 2.64. The summed E-state index contributed by atoms with van der Waals surface area (Å²) in [7, 11) is 0. The molecule has 1 aromatic rings. The summed E-state index contributed by atoms with van der Waals surface area (Å²) in [5.74, 6) is -1.08. The molecule has 3 saturated heterocycles. The maximum absolute atomic E-state index is 13.4. The molecule has 0 radical (unpaired) electrons. The van der Waals surface area contributed by atoms with E-state index in [1.807, 2.05) is 20.8 Å². The smallest absolute Gasteiger partial charge is 0.336 e. The predicted octanol–water partition coefficient (Wildman–Crippen LogP) is -1.30. The maximum atomic E-state index is 13.4. The molecule has 0 spiro atoms. The third-order valence-corrected chi connectivity index (χ3v) is 10.2. The summed E-state index contributed by atoms with van der Waals surface area (Å²) >= 11 is 0. The molecule has 1 aromatic heterocycles. The molecule has 240 valence electrons. The molecular weight excluding hydrogens is 572 g/mol. The van der Waals surface area contributed by atoms with E-state index in [0.717, 1.165) is 0 Å². The van der Waals surface area contributed by atoms with E-state index in [4.69, 9.17) is 28.1 Å². The number of fused-ring (bicyclic) bond motifs is 2. The second-order valence-electron chi connectivity index (χ2n) is 13.2. The SMILES string of the molecule is CC(C)c1oc(=O)cc2c1C(OC1OCC(OC3OCC(O)C(O)C3O)C(O)C1O)C1OC(=O)C3(C)CCC(O)C2(C)C13. The Morgan fingerprint density at radius 2 is 1.56 bits per heavy atom. The summed E-state index contributed by atoms with van der Waals surface area (Å²) in [4.78, 5) is 26.2. The summed E-state index contributed by atoms with van der Waals surface area (Å²) in [6.07, 6.45) is -14.0. The van der Waals surface area contributed by atoms with Gasteiger partial charge in [0.25, 0.3) is 0 Å². The van der Waals surface area contributed by atoms with Gasteiger partial charge >= 0.3 is 11.6 Å². The van der Waals surface area contributed by atoms with Crippen LogP contribution in [0.25, 0.3) is 0 Å². The molecule has 4 fully saturated rings. The van der Waals surface area contributed by atoms with E-state index in [1.54, 1.807) is 6.92 Å². The number of esters is 1. The quantitative estimate of drug-likeness (QED) is 0.213. The van der Waals surface area contributed by atoms with Crippen LogP contribution in [0.5, 0.6) is 0 Å². The molecule has 3 aliphatic heterocycles. The van der Waals surface area contributed by atoms with Crippen LogP contribution >= 0.6 is 0 Å². The minimum absolute atomic E-state index is 0.283. The van der Waals surface area contributed by atoms with Crippen molar-refractivity contribution in [1.29, 1.82) is 0 Å². The largest absolute Gasteiger partial charge is 0.458 e. The van der Waals surface area contributed by atoms with Gasteiger partial charge in [0, 0.05) is 28.9 Å². The fourth-order valence-corrected chi connectivity index (χ4v) is 7.83. The highest BCUT2D eigenvalue weighted by atomic mass is 16.7. The van der Waals surface area contributed by atoms with E-state index in [1.165, 1.54) is 6.07 Å². The van der Waals surface area contributed by atoms with Crippen molar-refractivity contribution in [3.63, 3.8) is 0 Å². The van der Waals surface area contributed by atoms with Crippen LogP contribution in [0.3, 0.4) is 0 Å². The molecule has 14 heteroatoms. The van der Waals surface area contributed by atoms with Crippen molar-refractivity contribution < 1.29 is 63.5 Å². The first kappa shape index (κ1) is 31.0. The third kappa shape index (κ3) is 4.61. The standard InChI is InChI=1S/C29H40O14/c1-10(2)21-16-11(7-15(32)41-21)29(4)14(31)5-6-28(3)24(29)23(43-27(28)37)22(16)42-26-20(36)18(34)13(9-39-26)40-25-19(35)17(33)12(30)8-38-25/h7,10,12-14,17-20,22-26,30-31,33-36H,5-6,8-9H2,1-4H3. The van der Waals surface area contributed by atoms with Gasteiger partial charge in [-0.15, -0.1) is 0 Å².